The average molecular weight is 383 g/mol. The van der Waals surface area contributed by atoms with Crippen LogP contribution in [0.15, 0.2) is 40.9 Å². The smallest absolute Gasteiger partial charge is 0.381 e. The van der Waals surface area contributed by atoms with Crippen molar-refractivity contribution < 1.29 is 17.6 Å². The molecule has 112 valence electrons. The topological polar surface area (TPSA) is 12.0 Å². The Balaban J connectivity index is 2.16. The lowest BCUT2D eigenvalue weighted by atomic mass is 10.1. The molecule has 1 nitrogen and oxygen atoms in total. The van der Waals surface area contributed by atoms with Crippen molar-refractivity contribution in [2.75, 3.05) is 5.32 Å². The van der Waals surface area contributed by atoms with Crippen LogP contribution < -0.4 is 5.32 Å². The molecule has 0 aliphatic rings. The quantitative estimate of drug-likeness (QED) is 0.654. The van der Waals surface area contributed by atoms with Gasteiger partial charge < -0.3 is 5.32 Å². The highest BCUT2D eigenvalue weighted by Gasteiger charge is 2.31. The molecular formula is C14H9BrClF4N. The first kappa shape index (κ1) is 16.1. The summed E-state index contributed by atoms with van der Waals surface area (Å²) in [5.41, 5.74) is -0.185. The van der Waals surface area contributed by atoms with Crippen LogP contribution in [0.4, 0.5) is 23.2 Å². The maximum Gasteiger partial charge on any atom is 0.416 e. The Morgan fingerprint density at radius 1 is 1.10 bits per heavy atom. The molecule has 0 saturated carbocycles. The Hall–Kier alpha value is -1.27. The minimum atomic E-state index is -4.57. The number of benzene rings is 2. The molecule has 0 heterocycles. The van der Waals surface area contributed by atoms with Gasteiger partial charge in [0.15, 0.2) is 0 Å². The molecule has 0 radical (unpaired) electrons. The second-order valence-corrected chi connectivity index (χ2v) is 5.59. The molecule has 0 fully saturated rings. The molecule has 0 amide bonds. The number of hydrogen-bond acceptors (Lipinski definition) is 1. The molecule has 0 atom stereocenters. The van der Waals surface area contributed by atoms with Crippen molar-refractivity contribution in [2.45, 2.75) is 12.7 Å². The third-order valence-electron chi connectivity index (χ3n) is 2.70. The van der Waals surface area contributed by atoms with Crippen LogP contribution in [-0.4, -0.2) is 0 Å². The van der Waals surface area contributed by atoms with Crippen LogP contribution in [0.25, 0.3) is 0 Å². The Morgan fingerprint density at radius 3 is 2.43 bits per heavy atom. The van der Waals surface area contributed by atoms with Crippen molar-refractivity contribution in [3.05, 3.63) is 62.8 Å². The molecule has 0 bridgehead atoms. The second-order valence-electron chi connectivity index (χ2n) is 4.33. The van der Waals surface area contributed by atoms with Gasteiger partial charge in [0.05, 0.1) is 10.6 Å². The van der Waals surface area contributed by atoms with E-state index >= 15 is 0 Å². The van der Waals surface area contributed by atoms with Crippen molar-refractivity contribution in [3.63, 3.8) is 0 Å². The highest BCUT2D eigenvalue weighted by atomic mass is 79.9. The molecule has 0 saturated heterocycles. The lowest BCUT2D eigenvalue weighted by molar-refractivity contribution is -0.137. The summed E-state index contributed by atoms with van der Waals surface area (Å²) in [6.07, 6.45) is -4.57. The molecule has 0 aliphatic heterocycles. The summed E-state index contributed by atoms with van der Waals surface area (Å²) < 4.78 is 51.8. The third-order valence-corrected chi connectivity index (χ3v) is 3.93. The van der Waals surface area contributed by atoms with Gasteiger partial charge in [-0.15, -0.1) is 0 Å². The molecule has 0 unspecified atom stereocenters. The Morgan fingerprint density at radius 2 is 1.81 bits per heavy atom. The minimum Gasteiger partial charge on any atom is -0.381 e. The Bertz CT molecular complexity index is 658. The van der Waals surface area contributed by atoms with E-state index in [9.17, 15) is 17.6 Å². The largest absolute Gasteiger partial charge is 0.416 e. The number of nitrogens with one attached hydrogen (secondary N) is 1. The van der Waals surface area contributed by atoms with Crippen LogP contribution in [-0.2, 0) is 12.7 Å². The summed E-state index contributed by atoms with van der Waals surface area (Å²) >= 11 is 9.14. The second kappa shape index (κ2) is 6.23. The summed E-state index contributed by atoms with van der Waals surface area (Å²) in [5, 5.41) is 3.36. The van der Waals surface area contributed by atoms with Crippen LogP contribution in [0, 0.1) is 5.82 Å². The van der Waals surface area contributed by atoms with E-state index in [-0.39, 0.29) is 12.1 Å². The van der Waals surface area contributed by atoms with Crippen LogP contribution in [0.1, 0.15) is 11.1 Å². The molecule has 0 aromatic heterocycles. The molecule has 0 spiro atoms. The Labute approximate surface area is 132 Å². The zero-order chi connectivity index (χ0) is 15.6. The van der Waals surface area contributed by atoms with Gasteiger partial charge in [-0.25, -0.2) is 4.39 Å². The molecule has 21 heavy (non-hydrogen) atoms. The summed E-state index contributed by atoms with van der Waals surface area (Å²) in [7, 11) is 0. The minimum absolute atomic E-state index is 0.0544. The number of rotatable bonds is 3. The first-order chi connectivity index (χ1) is 9.75. The van der Waals surface area contributed by atoms with E-state index in [0.29, 0.717) is 21.2 Å². The van der Waals surface area contributed by atoms with E-state index in [4.69, 9.17) is 11.6 Å². The first-order valence-corrected chi connectivity index (χ1v) is 6.98. The predicted molar refractivity (Wildman–Crippen MR) is 77.9 cm³/mol. The average Bonchev–Trinajstić information content (AvgIpc) is 2.38. The lowest BCUT2D eigenvalue weighted by Gasteiger charge is -2.11. The van der Waals surface area contributed by atoms with Gasteiger partial charge >= 0.3 is 6.18 Å². The monoisotopic (exact) mass is 381 g/mol. The number of hydrogen-bond donors (Lipinski definition) is 1. The fraction of sp³-hybridized carbons (Fsp3) is 0.143. The fourth-order valence-electron chi connectivity index (χ4n) is 1.73. The van der Waals surface area contributed by atoms with E-state index < -0.39 is 17.6 Å². The van der Waals surface area contributed by atoms with Crippen molar-refractivity contribution >= 4 is 33.2 Å². The van der Waals surface area contributed by atoms with E-state index in [2.05, 4.69) is 21.2 Å². The summed E-state index contributed by atoms with van der Waals surface area (Å²) in [6, 6.07) is 7.48. The van der Waals surface area contributed by atoms with Crippen LogP contribution in [0.3, 0.4) is 0 Å². The first-order valence-electron chi connectivity index (χ1n) is 5.81. The van der Waals surface area contributed by atoms with Gasteiger partial charge in [0.1, 0.15) is 5.82 Å². The number of alkyl halides is 3. The molecule has 2 rings (SSSR count). The van der Waals surface area contributed by atoms with Crippen LogP contribution >= 0.6 is 27.5 Å². The Kier molecular flexibility index (Phi) is 4.78. The van der Waals surface area contributed by atoms with Crippen molar-refractivity contribution in [1.82, 2.24) is 0 Å². The zero-order valence-corrected chi connectivity index (χ0v) is 12.8. The molecule has 1 N–H and O–H groups in total. The van der Waals surface area contributed by atoms with Crippen LogP contribution in [0.5, 0.6) is 0 Å². The molecule has 2 aromatic carbocycles. The summed E-state index contributed by atoms with van der Waals surface area (Å²) in [4.78, 5) is 0. The van der Waals surface area contributed by atoms with E-state index in [1.54, 1.807) is 18.2 Å². The standard InChI is InChI=1S/C14H9BrClF4N/c15-12-2-1-11(6-13(12)16)21-7-8-3-9(14(18,19)20)5-10(17)4-8/h1-6,21H,7H2. The molecule has 7 heteroatoms. The summed E-state index contributed by atoms with van der Waals surface area (Å²) in [5.74, 6) is -0.921. The van der Waals surface area contributed by atoms with Gasteiger partial charge in [-0.1, -0.05) is 11.6 Å². The molecule has 0 aliphatic carbocycles. The maximum atomic E-state index is 13.2. The van der Waals surface area contributed by atoms with E-state index in [1.807, 2.05) is 0 Å². The van der Waals surface area contributed by atoms with Gasteiger partial charge in [0.2, 0.25) is 0 Å². The SMILES string of the molecule is Fc1cc(CNc2ccc(Br)c(Cl)c2)cc(C(F)(F)F)c1. The van der Waals surface area contributed by atoms with Crippen molar-refractivity contribution in [1.29, 1.82) is 0 Å². The number of anilines is 1. The molecular weight excluding hydrogens is 374 g/mol. The van der Waals surface area contributed by atoms with Crippen molar-refractivity contribution in [2.24, 2.45) is 0 Å². The highest BCUT2D eigenvalue weighted by molar-refractivity contribution is 9.10. The van der Waals surface area contributed by atoms with Crippen LogP contribution in [0.2, 0.25) is 5.02 Å². The van der Waals surface area contributed by atoms with Gasteiger partial charge in [-0.05, 0) is 57.9 Å². The van der Waals surface area contributed by atoms with E-state index in [1.165, 1.54) is 0 Å². The molecule has 2 aromatic rings. The van der Waals surface area contributed by atoms with E-state index in [0.717, 1.165) is 12.1 Å². The third kappa shape index (κ3) is 4.35. The predicted octanol–water partition coefficient (Wildman–Crippen LogP) is 5.87. The normalized spacial score (nSPS) is 11.5. The van der Waals surface area contributed by atoms with Gasteiger partial charge in [-0.3, -0.25) is 0 Å². The summed E-state index contributed by atoms with van der Waals surface area (Å²) in [6.45, 7) is 0.0544. The van der Waals surface area contributed by atoms with Crippen molar-refractivity contribution in [3.8, 4) is 0 Å². The highest BCUT2D eigenvalue weighted by Crippen LogP contribution is 2.31. The number of halogens is 6. The zero-order valence-electron chi connectivity index (χ0n) is 10.4. The van der Waals surface area contributed by atoms with Gasteiger partial charge in [0, 0.05) is 16.7 Å². The fourth-order valence-corrected chi connectivity index (χ4v) is 2.15. The maximum absolute atomic E-state index is 13.2. The van der Waals surface area contributed by atoms with Gasteiger partial charge in [0.25, 0.3) is 0 Å². The lowest BCUT2D eigenvalue weighted by Crippen LogP contribution is -2.08. The van der Waals surface area contributed by atoms with Gasteiger partial charge in [-0.2, -0.15) is 13.2 Å².